The van der Waals surface area contributed by atoms with Gasteiger partial charge < -0.3 is 5.32 Å². The summed E-state index contributed by atoms with van der Waals surface area (Å²) in [6.07, 6.45) is 4.11. The van der Waals surface area contributed by atoms with Crippen LogP contribution in [0.3, 0.4) is 0 Å². The maximum absolute atomic E-state index is 13.2. The maximum Gasteiger partial charge on any atom is 0.238 e. The molecule has 6 heteroatoms. The minimum atomic E-state index is -2.83. The van der Waals surface area contributed by atoms with Crippen molar-refractivity contribution in [3.63, 3.8) is 0 Å². The Balaban J connectivity index is 2.07. The second-order valence-corrected chi connectivity index (χ2v) is 9.28. The van der Waals surface area contributed by atoms with Crippen molar-refractivity contribution in [2.75, 3.05) is 6.54 Å². The molecule has 0 fully saturated rings. The highest BCUT2D eigenvalue weighted by atomic mass is 35.5. The molecule has 128 valence electrons. The van der Waals surface area contributed by atoms with Crippen LogP contribution in [-0.4, -0.2) is 32.3 Å². The van der Waals surface area contributed by atoms with Gasteiger partial charge in [0, 0.05) is 38.4 Å². The highest BCUT2D eigenvalue weighted by Crippen LogP contribution is 2.26. The van der Waals surface area contributed by atoms with Gasteiger partial charge in [0.25, 0.3) is 0 Å². The third kappa shape index (κ3) is 3.97. The fraction of sp³-hybridized carbons (Fsp3) is 0.278. The predicted octanol–water partition coefficient (Wildman–Crippen LogP) is 2.95. The van der Waals surface area contributed by atoms with Gasteiger partial charge in [0.2, 0.25) is 5.91 Å². The zero-order chi connectivity index (χ0) is 17.8. The zero-order valence-electron chi connectivity index (χ0n) is 13.8. The number of aromatic nitrogens is 1. The van der Waals surface area contributed by atoms with E-state index in [1.165, 1.54) is 0 Å². The summed E-state index contributed by atoms with van der Waals surface area (Å²) < 4.78 is 12.0. The number of rotatable bonds is 6. The standard InChI is InChI=1S/C18H21ClN2O2S/c1-18(2,24(3,23)16-6-4-15(19)5-7-16)17(22)21-13-10-14-8-11-20-12-9-14/h4-9,11-12H,3,10,13H2,1-2H3,(H,21,22). The Labute approximate surface area is 148 Å². The van der Waals surface area contributed by atoms with Crippen LogP contribution in [0.15, 0.2) is 53.7 Å². The zero-order valence-corrected chi connectivity index (χ0v) is 15.4. The lowest BCUT2D eigenvalue weighted by Crippen LogP contribution is -2.48. The molecule has 0 aliphatic carbocycles. The summed E-state index contributed by atoms with van der Waals surface area (Å²) in [5, 5.41) is 3.40. The number of hydrogen-bond acceptors (Lipinski definition) is 3. The molecule has 0 bridgehead atoms. The molecular weight excluding hydrogens is 344 g/mol. The molecule has 0 saturated carbocycles. The Morgan fingerprint density at radius 2 is 1.79 bits per heavy atom. The Kier molecular flexibility index (Phi) is 5.67. The lowest BCUT2D eigenvalue weighted by molar-refractivity contribution is -0.122. The van der Waals surface area contributed by atoms with Crippen LogP contribution >= 0.6 is 11.6 Å². The number of halogens is 1. The number of nitrogens with zero attached hydrogens (tertiary/aromatic N) is 1. The molecule has 1 unspecified atom stereocenters. The topological polar surface area (TPSA) is 59.1 Å². The number of benzene rings is 1. The molecule has 0 aliphatic rings. The molecule has 0 saturated heterocycles. The summed E-state index contributed by atoms with van der Waals surface area (Å²) in [4.78, 5) is 17.0. The molecule has 0 spiro atoms. The minimum absolute atomic E-state index is 0.286. The van der Waals surface area contributed by atoms with Crippen LogP contribution in [0.2, 0.25) is 5.02 Å². The Morgan fingerprint density at radius 1 is 1.21 bits per heavy atom. The summed E-state index contributed by atoms with van der Waals surface area (Å²) in [6.45, 7) is 3.76. The Morgan fingerprint density at radius 3 is 2.38 bits per heavy atom. The Bertz CT molecular complexity index is 801. The third-order valence-corrected chi connectivity index (χ3v) is 7.13. The van der Waals surface area contributed by atoms with Gasteiger partial charge in [-0.1, -0.05) is 11.6 Å². The molecule has 1 atom stereocenters. The van der Waals surface area contributed by atoms with Crippen LogP contribution < -0.4 is 5.32 Å². The van der Waals surface area contributed by atoms with Gasteiger partial charge in [0.1, 0.15) is 4.75 Å². The van der Waals surface area contributed by atoms with E-state index in [9.17, 15) is 9.00 Å². The van der Waals surface area contributed by atoms with Crippen LogP contribution in [0.4, 0.5) is 0 Å². The van der Waals surface area contributed by atoms with Crippen molar-refractivity contribution in [2.24, 2.45) is 0 Å². The summed E-state index contributed by atoms with van der Waals surface area (Å²) in [5.41, 5.74) is 1.08. The van der Waals surface area contributed by atoms with E-state index < -0.39 is 14.3 Å². The largest absolute Gasteiger partial charge is 0.355 e. The van der Waals surface area contributed by atoms with E-state index in [1.807, 2.05) is 12.1 Å². The molecule has 2 aromatic rings. The van der Waals surface area contributed by atoms with E-state index in [1.54, 1.807) is 50.5 Å². The van der Waals surface area contributed by atoms with Crippen molar-refractivity contribution in [1.29, 1.82) is 0 Å². The molecule has 1 heterocycles. The van der Waals surface area contributed by atoms with Crippen LogP contribution in [0.25, 0.3) is 0 Å². The van der Waals surface area contributed by atoms with Gasteiger partial charge in [-0.15, -0.1) is 0 Å². The molecule has 4 nitrogen and oxygen atoms in total. The molecule has 1 aromatic heterocycles. The quantitative estimate of drug-likeness (QED) is 0.802. The van der Waals surface area contributed by atoms with Crippen molar-refractivity contribution in [1.82, 2.24) is 10.3 Å². The Hall–Kier alpha value is -1.85. The summed E-state index contributed by atoms with van der Waals surface area (Å²) in [7, 11) is -2.83. The fourth-order valence-corrected chi connectivity index (χ4v) is 3.84. The highest BCUT2D eigenvalue weighted by molar-refractivity contribution is 8.02. The van der Waals surface area contributed by atoms with Crippen LogP contribution in [0.1, 0.15) is 19.4 Å². The molecule has 1 N–H and O–H groups in total. The van der Waals surface area contributed by atoms with E-state index in [-0.39, 0.29) is 5.91 Å². The minimum Gasteiger partial charge on any atom is -0.355 e. The lowest BCUT2D eigenvalue weighted by atomic mass is 10.1. The molecule has 1 aromatic carbocycles. The first-order valence-electron chi connectivity index (χ1n) is 7.55. The molecule has 2 rings (SSSR count). The number of amides is 1. The average molecular weight is 365 g/mol. The smallest absolute Gasteiger partial charge is 0.238 e. The van der Waals surface area contributed by atoms with Gasteiger partial charge in [-0.05, 0) is 68.1 Å². The van der Waals surface area contributed by atoms with Gasteiger partial charge in [-0.2, -0.15) is 0 Å². The monoisotopic (exact) mass is 364 g/mol. The van der Waals surface area contributed by atoms with Crippen LogP contribution in [0.5, 0.6) is 0 Å². The fourth-order valence-electron chi connectivity index (χ4n) is 2.18. The number of pyridine rings is 1. The van der Waals surface area contributed by atoms with E-state index in [4.69, 9.17) is 11.6 Å². The van der Waals surface area contributed by atoms with Gasteiger partial charge >= 0.3 is 0 Å². The van der Waals surface area contributed by atoms with E-state index >= 15 is 0 Å². The summed E-state index contributed by atoms with van der Waals surface area (Å²) >= 11 is 5.87. The van der Waals surface area contributed by atoms with Crippen LogP contribution in [-0.2, 0) is 20.7 Å². The number of carbonyl (C=O) groups is 1. The summed E-state index contributed by atoms with van der Waals surface area (Å²) in [5.74, 6) is 3.56. The van der Waals surface area contributed by atoms with Gasteiger partial charge in [-0.25, -0.2) is 0 Å². The van der Waals surface area contributed by atoms with E-state index in [0.717, 1.165) is 5.56 Å². The van der Waals surface area contributed by atoms with Crippen molar-refractivity contribution in [3.05, 3.63) is 59.4 Å². The molecule has 1 amide bonds. The normalized spacial score (nSPS) is 14.0. The van der Waals surface area contributed by atoms with Crippen molar-refractivity contribution in [2.45, 2.75) is 29.9 Å². The van der Waals surface area contributed by atoms with Crippen LogP contribution in [0, 0.1) is 0 Å². The van der Waals surface area contributed by atoms with Crippen molar-refractivity contribution >= 4 is 32.9 Å². The van der Waals surface area contributed by atoms with Gasteiger partial charge in [0.15, 0.2) is 0 Å². The maximum atomic E-state index is 13.2. The lowest BCUT2D eigenvalue weighted by Gasteiger charge is -2.28. The second-order valence-electron chi connectivity index (χ2n) is 6.00. The van der Waals surface area contributed by atoms with Crippen molar-refractivity contribution < 1.29 is 9.00 Å². The summed E-state index contributed by atoms with van der Waals surface area (Å²) in [6, 6.07) is 10.4. The number of carbonyl (C=O) groups excluding carboxylic acids is 1. The third-order valence-electron chi connectivity index (χ3n) is 4.01. The molecule has 24 heavy (non-hydrogen) atoms. The van der Waals surface area contributed by atoms with Gasteiger partial charge in [-0.3, -0.25) is 14.0 Å². The first-order valence-corrected chi connectivity index (χ1v) is 9.65. The van der Waals surface area contributed by atoms with Gasteiger partial charge in [0.05, 0.1) is 0 Å². The van der Waals surface area contributed by atoms with E-state index in [0.29, 0.717) is 22.9 Å². The highest BCUT2D eigenvalue weighted by Gasteiger charge is 2.37. The molecular formula is C18H21ClN2O2S. The molecule has 0 radical (unpaired) electrons. The van der Waals surface area contributed by atoms with Crippen molar-refractivity contribution in [3.8, 4) is 0 Å². The second kappa shape index (κ2) is 7.36. The van der Waals surface area contributed by atoms with E-state index in [2.05, 4.69) is 16.2 Å². The first-order chi connectivity index (χ1) is 11.2. The molecule has 0 aliphatic heterocycles. The SMILES string of the molecule is C=S(=O)(c1ccc(Cl)cc1)C(C)(C)C(=O)NCCc1ccncc1. The number of nitrogens with one attached hydrogen (secondary N) is 1. The average Bonchev–Trinajstić information content (AvgIpc) is 2.56. The number of hydrogen-bond donors (Lipinski definition) is 1. The predicted molar refractivity (Wildman–Crippen MR) is 100 cm³/mol. The first kappa shape index (κ1) is 18.5.